The van der Waals surface area contributed by atoms with Gasteiger partial charge in [0.15, 0.2) is 18.4 Å². The van der Waals surface area contributed by atoms with Crippen molar-refractivity contribution in [1.29, 1.82) is 0 Å². The monoisotopic (exact) mass is 823 g/mol. The predicted molar refractivity (Wildman–Crippen MR) is 213 cm³/mol. The molecule has 2 bridgehead atoms. The van der Waals surface area contributed by atoms with Crippen LogP contribution in [0.4, 0.5) is 0 Å². The van der Waals surface area contributed by atoms with E-state index in [2.05, 4.69) is 0 Å². The molecule has 0 saturated carbocycles. The second kappa shape index (κ2) is 22.9. The first-order valence-electron chi connectivity index (χ1n) is 20.6. The third kappa shape index (κ3) is 12.5. The summed E-state index contributed by atoms with van der Waals surface area (Å²) >= 11 is 0. The lowest BCUT2D eigenvalue weighted by atomic mass is 9.81. The maximum absolute atomic E-state index is 14.1. The van der Waals surface area contributed by atoms with Crippen molar-refractivity contribution in [3.8, 4) is 0 Å². The lowest BCUT2D eigenvalue weighted by Crippen LogP contribution is -2.63. The molecule has 5 unspecified atom stereocenters. The third-order valence-electron chi connectivity index (χ3n) is 11.8. The Morgan fingerprint density at radius 1 is 0.862 bits per heavy atom. The number of carbonyl (C=O) groups is 2. The highest BCUT2D eigenvalue weighted by Crippen LogP contribution is 2.35. The van der Waals surface area contributed by atoms with Gasteiger partial charge in [-0.25, -0.2) is 0 Å². The number of carbonyl (C=O) groups excluding carboxylic acids is 2. The molecule has 4 aliphatic rings. The molecule has 15 heteroatoms. The summed E-state index contributed by atoms with van der Waals surface area (Å²) in [6.45, 7) is 11.5. The number of methoxy groups -OCH3 is 2. The summed E-state index contributed by atoms with van der Waals surface area (Å²) in [4.78, 5) is 29.6. The summed E-state index contributed by atoms with van der Waals surface area (Å²) in [6.07, 6.45) is 2.95. The first kappa shape index (κ1) is 48.1. The Morgan fingerprint density at radius 3 is 2.21 bits per heavy atom. The molecule has 15 nitrogen and oxygen atoms in total. The topological polar surface area (TPSA) is 181 Å². The third-order valence-corrected chi connectivity index (χ3v) is 11.8. The van der Waals surface area contributed by atoms with E-state index >= 15 is 0 Å². The van der Waals surface area contributed by atoms with Crippen molar-refractivity contribution < 1.29 is 67.5 Å². The molecule has 2 fully saturated rings. The van der Waals surface area contributed by atoms with Crippen molar-refractivity contribution in [3.63, 3.8) is 0 Å². The lowest BCUT2D eigenvalue weighted by molar-refractivity contribution is -0.304. The average Bonchev–Trinajstić information content (AvgIpc) is 3.18. The Kier molecular flexibility index (Phi) is 19.0. The summed E-state index contributed by atoms with van der Waals surface area (Å²) in [6, 6.07) is -0.684. The largest absolute Gasteiger partial charge is 0.497 e. The van der Waals surface area contributed by atoms with Gasteiger partial charge in [-0.2, -0.15) is 0 Å². The zero-order chi connectivity index (χ0) is 42.7. The molecule has 0 aliphatic carbocycles. The number of ketones is 1. The minimum atomic E-state index is -1.23. The van der Waals surface area contributed by atoms with E-state index < -0.39 is 109 Å². The van der Waals surface area contributed by atoms with Crippen molar-refractivity contribution in [2.75, 3.05) is 48.1 Å². The fraction of sp³-hybridized carbons (Fsp3) is 0.767. The Labute approximate surface area is 344 Å². The van der Waals surface area contributed by atoms with Gasteiger partial charge in [-0.3, -0.25) is 9.59 Å². The van der Waals surface area contributed by atoms with Gasteiger partial charge in [-0.05, 0) is 65.9 Å². The Balaban J connectivity index is 1.72. The van der Waals surface area contributed by atoms with Gasteiger partial charge in [0.25, 0.3) is 0 Å². The van der Waals surface area contributed by atoms with E-state index in [9.17, 15) is 24.9 Å². The first-order valence-corrected chi connectivity index (χ1v) is 20.6. The molecule has 2 saturated heterocycles. The maximum atomic E-state index is 14.1. The second-order valence-electron chi connectivity index (χ2n) is 16.3. The molecule has 330 valence electrons. The van der Waals surface area contributed by atoms with Crippen LogP contribution in [0, 0.1) is 23.7 Å². The number of allylic oxidation sites excluding steroid dienone is 3. The van der Waals surface area contributed by atoms with Gasteiger partial charge in [0.2, 0.25) is 0 Å². The van der Waals surface area contributed by atoms with Crippen LogP contribution in [-0.2, 0) is 52.2 Å². The number of likely N-dealkylation sites (N-methyl/N-ethyl adjacent to an activating group) is 1. The van der Waals surface area contributed by atoms with Crippen molar-refractivity contribution in [1.82, 2.24) is 4.90 Å². The number of hydrogen-bond acceptors (Lipinski definition) is 15. The minimum Gasteiger partial charge on any atom is -0.497 e. The van der Waals surface area contributed by atoms with Crippen LogP contribution in [-0.4, -0.2) is 160 Å². The van der Waals surface area contributed by atoms with Crippen LogP contribution in [0.3, 0.4) is 0 Å². The molecule has 0 amide bonds. The van der Waals surface area contributed by atoms with Gasteiger partial charge in [-0.15, -0.1) is 0 Å². The summed E-state index contributed by atoms with van der Waals surface area (Å²) in [5.74, 6) is -2.52. The van der Waals surface area contributed by atoms with Gasteiger partial charge in [0, 0.05) is 37.9 Å². The zero-order valence-electron chi connectivity index (χ0n) is 35.9. The molecule has 4 rings (SSSR count). The first-order chi connectivity index (χ1) is 27.6. The summed E-state index contributed by atoms with van der Waals surface area (Å²) in [7, 11) is 6.53. The number of ether oxygens (including phenoxy) is 9. The van der Waals surface area contributed by atoms with E-state index in [1.165, 1.54) is 14.2 Å². The number of aliphatic hydroxyl groups excluding tert-OH is 3. The average molecular weight is 824 g/mol. The molecule has 58 heavy (non-hydrogen) atoms. The normalized spacial score (nSPS) is 41.3. The molecule has 0 aromatic carbocycles. The number of esters is 1. The number of fused-ring (bicyclic) bond motifs is 3. The molecule has 0 spiro atoms. The highest BCUT2D eigenvalue weighted by atomic mass is 16.7. The summed E-state index contributed by atoms with van der Waals surface area (Å²) in [5.41, 5.74) is 0.757. The fourth-order valence-electron chi connectivity index (χ4n) is 8.28. The molecular formula is C43H69NO14. The van der Waals surface area contributed by atoms with E-state index in [0.29, 0.717) is 12.8 Å². The van der Waals surface area contributed by atoms with Gasteiger partial charge >= 0.3 is 5.97 Å². The molecule has 4 heterocycles. The predicted octanol–water partition coefficient (Wildman–Crippen LogP) is 3.10. The molecular weight excluding hydrogens is 754 g/mol. The maximum Gasteiger partial charge on any atom is 0.308 e. The van der Waals surface area contributed by atoms with Crippen LogP contribution >= 0.6 is 0 Å². The lowest BCUT2D eigenvalue weighted by Gasteiger charge is -2.46. The highest BCUT2D eigenvalue weighted by Gasteiger charge is 2.48. The molecule has 0 aromatic heterocycles. The Hall–Kier alpha value is -2.54. The van der Waals surface area contributed by atoms with Crippen molar-refractivity contribution in [3.05, 3.63) is 48.3 Å². The second-order valence-corrected chi connectivity index (χ2v) is 16.3. The molecule has 3 N–H and O–H groups in total. The van der Waals surface area contributed by atoms with E-state index in [-0.39, 0.29) is 32.0 Å². The quantitative estimate of drug-likeness (QED) is 0.228. The summed E-state index contributed by atoms with van der Waals surface area (Å²) < 4.78 is 54.9. The van der Waals surface area contributed by atoms with E-state index in [4.69, 9.17) is 42.6 Å². The van der Waals surface area contributed by atoms with Gasteiger partial charge < -0.3 is 62.9 Å². The van der Waals surface area contributed by atoms with E-state index in [0.717, 1.165) is 5.57 Å². The van der Waals surface area contributed by atoms with Crippen LogP contribution in [0.25, 0.3) is 0 Å². The van der Waals surface area contributed by atoms with Crippen LogP contribution in [0.2, 0.25) is 0 Å². The Bertz CT molecular complexity index is 1420. The smallest absolute Gasteiger partial charge is 0.308 e. The van der Waals surface area contributed by atoms with E-state index in [1.54, 1.807) is 51.3 Å². The number of hydrogen-bond donors (Lipinski definition) is 3. The fourth-order valence-corrected chi connectivity index (χ4v) is 8.28. The van der Waals surface area contributed by atoms with Crippen molar-refractivity contribution in [2.45, 2.75) is 140 Å². The number of rotatable bonds is 9. The van der Waals surface area contributed by atoms with Gasteiger partial charge in [0.05, 0.1) is 62.5 Å². The van der Waals surface area contributed by atoms with Gasteiger partial charge in [0.1, 0.15) is 37.1 Å². The van der Waals surface area contributed by atoms with Crippen LogP contribution < -0.4 is 0 Å². The van der Waals surface area contributed by atoms with Crippen LogP contribution in [0.15, 0.2) is 48.3 Å². The molecule has 17 atom stereocenters. The van der Waals surface area contributed by atoms with Crippen LogP contribution in [0.1, 0.15) is 60.8 Å². The van der Waals surface area contributed by atoms with Crippen molar-refractivity contribution >= 4 is 11.8 Å². The van der Waals surface area contributed by atoms with Crippen LogP contribution in [0.5, 0.6) is 0 Å². The zero-order valence-corrected chi connectivity index (χ0v) is 35.9. The summed E-state index contributed by atoms with van der Waals surface area (Å²) in [5, 5.41) is 33.2. The minimum absolute atomic E-state index is 0.0585. The number of nitrogens with zero attached hydrogens (tertiary/aromatic N) is 1. The number of cyclic esters (lactones) is 1. The Morgan fingerprint density at radius 2 is 1.53 bits per heavy atom. The number of aliphatic hydroxyl groups is 3. The molecule has 0 aromatic rings. The SMILES string of the molecule is CC[C@H]1OC(=O)C[C@H]2OCC=CCOC=C[C@@H](C[C@@H](C)C(=O)C=CC(C)=C[C@@H]1CO[C@@H]1OC(C)[C@@H](O)[C@H](OC)C1OC)[C@H](O[C@@H]1OC(C)[C@@H](O)C(N(C)C)C1O)[C@H]2C. The van der Waals surface area contributed by atoms with E-state index in [1.807, 2.05) is 52.0 Å². The van der Waals surface area contributed by atoms with Gasteiger partial charge in [-0.1, -0.05) is 44.6 Å². The molecule has 4 aliphatic heterocycles. The molecule has 0 radical (unpaired) electrons. The van der Waals surface area contributed by atoms with Crippen molar-refractivity contribution in [2.24, 2.45) is 23.7 Å². The standard InChI is InChI=1S/C43H69NO14/c1-11-32-30(23-54-43-41(51-10)40(50-9)37(48)28(6)56-43)20-24(2)14-15-31(45)25(3)21-29-16-19-52-17-12-13-18-53-33(22-34(46)57-32)26(4)39(29)58-42-38(49)35(44(7)8)36(47)27(5)55-42/h12-16,19-20,25-30,32-33,35-43,47-49H,11,17-18,21-23H2,1-10H3/t25-,26+,27?,28?,29+,30-,32-,33-,35?,36-,37-,38?,39-,40+,41?,42+,43-/m1/s1. The highest BCUT2D eigenvalue weighted by molar-refractivity contribution is 5.91.